The van der Waals surface area contributed by atoms with Gasteiger partial charge in [-0.25, -0.2) is 0 Å². The van der Waals surface area contributed by atoms with E-state index in [-0.39, 0.29) is 37.7 Å². The van der Waals surface area contributed by atoms with Gasteiger partial charge in [-0.1, -0.05) is 0 Å². The molecule has 1 atom stereocenters. The standard InChI is InChI=1S/C3H6O3.CH2O2.Ca/c1-2(4)3(5)6;2-1-3;/h2,4H,1H3,(H,5,6);1H,(H,2,3);/q;;+2/p-2. The summed E-state index contributed by atoms with van der Waals surface area (Å²) in [5.74, 6) is -1.44. The Hall–Kier alpha value is 0.160. The molecule has 0 rings (SSSR count). The number of aliphatic hydroxyl groups is 1. The number of rotatable bonds is 1. The number of aliphatic carboxylic acids is 1. The van der Waals surface area contributed by atoms with Crippen molar-refractivity contribution in [1.29, 1.82) is 0 Å². The average Bonchev–Trinajstić information content (AvgIpc) is 1.68. The van der Waals surface area contributed by atoms with Gasteiger partial charge in [0.15, 0.2) is 0 Å². The fourth-order valence-electron chi connectivity index (χ4n) is 0. The van der Waals surface area contributed by atoms with Crippen LogP contribution in [0.2, 0.25) is 0 Å². The molecule has 1 N–H and O–H groups in total. The molecule has 0 radical (unpaired) electrons. The second-order valence-electron chi connectivity index (χ2n) is 1.09. The van der Waals surface area contributed by atoms with Gasteiger partial charge in [0.25, 0.3) is 0 Å². The molecule has 5 nitrogen and oxygen atoms in total. The van der Waals surface area contributed by atoms with Crippen molar-refractivity contribution in [3.63, 3.8) is 0 Å². The number of hydrogen-bond acceptors (Lipinski definition) is 5. The van der Waals surface area contributed by atoms with Gasteiger partial charge in [-0.05, 0) is 6.92 Å². The Labute approximate surface area is 87.7 Å². The van der Waals surface area contributed by atoms with Crippen LogP contribution in [0.25, 0.3) is 0 Å². The largest absolute Gasteiger partial charge is 2.00 e. The maximum atomic E-state index is 9.34. The number of hydrogen-bond donors (Lipinski definition) is 1. The minimum absolute atomic E-state index is 0. The molecule has 0 amide bonds. The fourth-order valence-corrected chi connectivity index (χ4v) is 0. The molecule has 0 spiro atoms. The topological polar surface area (TPSA) is 100 Å². The zero-order chi connectivity index (χ0) is 7.86. The van der Waals surface area contributed by atoms with Crippen molar-refractivity contribution in [1.82, 2.24) is 0 Å². The molecule has 0 fully saturated rings. The first-order valence-electron chi connectivity index (χ1n) is 2.00. The molecule has 0 aliphatic rings. The van der Waals surface area contributed by atoms with E-state index in [1.165, 1.54) is 0 Å². The summed E-state index contributed by atoms with van der Waals surface area (Å²) in [6.07, 6.45) is -1.34. The van der Waals surface area contributed by atoms with Crippen molar-refractivity contribution in [2.45, 2.75) is 13.0 Å². The summed E-state index contributed by atoms with van der Waals surface area (Å²) >= 11 is 0. The first kappa shape index (κ1) is 16.6. The molecule has 0 aliphatic carbocycles. The van der Waals surface area contributed by atoms with Crippen molar-refractivity contribution in [2.75, 3.05) is 0 Å². The molecular weight excluding hydrogens is 168 g/mol. The van der Waals surface area contributed by atoms with Crippen LogP contribution in [0.1, 0.15) is 6.92 Å². The molecule has 0 saturated carbocycles. The quantitative estimate of drug-likeness (QED) is 0.323. The summed E-state index contributed by atoms with van der Waals surface area (Å²) in [5.41, 5.74) is 0. The van der Waals surface area contributed by atoms with E-state index < -0.39 is 18.5 Å². The van der Waals surface area contributed by atoms with Gasteiger partial charge in [0, 0.05) is 6.47 Å². The normalized spacial score (nSPS) is 9.40. The zero-order valence-electron chi connectivity index (χ0n) is 5.44. The number of carbonyl (C=O) groups excluding carboxylic acids is 2. The molecule has 0 aliphatic heterocycles. The van der Waals surface area contributed by atoms with Crippen molar-refractivity contribution < 1.29 is 24.9 Å². The van der Waals surface area contributed by atoms with Crippen molar-refractivity contribution >= 4 is 50.2 Å². The third-order valence-corrected chi connectivity index (χ3v) is 0.341. The van der Waals surface area contributed by atoms with E-state index in [2.05, 4.69) is 0 Å². The summed E-state index contributed by atoms with van der Waals surface area (Å²) in [6.45, 7) is 0.634. The second-order valence-corrected chi connectivity index (χ2v) is 1.09. The van der Waals surface area contributed by atoms with Gasteiger partial charge in [-0.15, -0.1) is 0 Å². The molecule has 0 heterocycles. The summed E-state index contributed by atoms with van der Waals surface area (Å²) in [7, 11) is 0. The van der Waals surface area contributed by atoms with E-state index >= 15 is 0 Å². The Morgan fingerprint density at radius 1 is 1.70 bits per heavy atom. The van der Waals surface area contributed by atoms with Crippen molar-refractivity contribution in [3.05, 3.63) is 0 Å². The third kappa shape index (κ3) is 24.2. The Morgan fingerprint density at radius 3 is 1.80 bits per heavy atom. The first-order valence-corrected chi connectivity index (χ1v) is 2.00. The number of aliphatic hydroxyl groups excluding tert-OH is 1. The van der Waals surface area contributed by atoms with Crippen LogP contribution >= 0.6 is 0 Å². The molecular formula is C4H6CaO5. The smallest absolute Gasteiger partial charge is 0.554 e. The van der Waals surface area contributed by atoms with Crippen LogP contribution in [0, 0.1) is 0 Å². The molecule has 0 saturated heterocycles. The summed E-state index contributed by atoms with van der Waals surface area (Å²) in [4.78, 5) is 17.6. The predicted molar refractivity (Wildman–Crippen MR) is 28.5 cm³/mol. The summed E-state index contributed by atoms with van der Waals surface area (Å²) < 4.78 is 0. The zero-order valence-corrected chi connectivity index (χ0v) is 7.65. The van der Waals surface area contributed by atoms with Crippen LogP contribution in [-0.2, 0) is 9.59 Å². The van der Waals surface area contributed by atoms with Gasteiger partial charge in [-0.3, -0.25) is 0 Å². The van der Waals surface area contributed by atoms with Crippen LogP contribution < -0.4 is 10.2 Å². The molecule has 10 heavy (non-hydrogen) atoms. The second kappa shape index (κ2) is 11.9. The van der Waals surface area contributed by atoms with E-state index in [9.17, 15) is 9.90 Å². The number of carboxylic acid groups (broad SMARTS) is 2. The van der Waals surface area contributed by atoms with Crippen LogP contribution in [0.3, 0.4) is 0 Å². The van der Waals surface area contributed by atoms with Crippen LogP contribution in [0.15, 0.2) is 0 Å². The summed E-state index contributed by atoms with van der Waals surface area (Å²) in [6, 6.07) is 0. The molecule has 1 unspecified atom stereocenters. The predicted octanol–water partition coefficient (Wildman–Crippen LogP) is -3.90. The monoisotopic (exact) mass is 174 g/mol. The van der Waals surface area contributed by atoms with Gasteiger partial charge in [0.2, 0.25) is 0 Å². The van der Waals surface area contributed by atoms with Gasteiger partial charge >= 0.3 is 37.7 Å². The van der Waals surface area contributed by atoms with Crippen LogP contribution in [0.4, 0.5) is 0 Å². The van der Waals surface area contributed by atoms with E-state index in [1.54, 1.807) is 0 Å². The van der Waals surface area contributed by atoms with E-state index in [0.29, 0.717) is 0 Å². The molecule has 0 bridgehead atoms. The van der Waals surface area contributed by atoms with Crippen LogP contribution in [0.5, 0.6) is 0 Å². The third-order valence-electron chi connectivity index (χ3n) is 0.341. The Morgan fingerprint density at radius 2 is 1.80 bits per heavy atom. The minimum atomic E-state index is -1.44. The molecule has 0 aromatic heterocycles. The Kier molecular flexibility index (Phi) is 19.8. The van der Waals surface area contributed by atoms with Crippen molar-refractivity contribution in [2.24, 2.45) is 0 Å². The van der Waals surface area contributed by atoms with E-state index in [1.807, 2.05) is 0 Å². The van der Waals surface area contributed by atoms with Gasteiger partial charge in [-0.2, -0.15) is 0 Å². The summed E-state index contributed by atoms with van der Waals surface area (Å²) in [5, 5.41) is 25.6. The van der Waals surface area contributed by atoms with Crippen molar-refractivity contribution in [3.8, 4) is 0 Å². The van der Waals surface area contributed by atoms with Gasteiger partial charge in [0.05, 0.1) is 12.1 Å². The first-order chi connectivity index (χ1) is 4.06. The van der Waals surface area contributed by atoms with E-state index in [4.69, 9.17) is 15.0 Å². The van der Waals surface area contributed by atoms with Crippen LogP contribution in [-0.4, -0.2) is 61.4 Å². The molecule has 0 aromatic rings. The van der Waals surface area contributed by atoms with Gasteiger partial charge < -0.3 is 24.9 Å². The molecule has 54 valence electrons. The maximum Gasteiger partial charge on any atom is 2.00 e. The fraction of sp³-hybridized carbons (Fsp3) is 0.500. The number of carboxylic acids is 1. The average molecular weight is 174 g/mol. The van der Waals surface area contributed by atoms with E-state index in [0.717, 1.165) is 6.92 Å². The SMILES string of the molecule is CC(O)C(=O)[O-].O=C[O-].[Ca+2]. The molecule has 0 aromatic carbocycles. The van der Waals surface area contributed by atoms with Gasteiger partial charge in [0.1, 0.15) is 0 Å². The number of carbonyl (C=O) groups is 2. The Bertz CT molecular complexity index is 91.6. The Balaban J connectivity index is -0.000000107. The minimum Gasteiger partial charge on any atom is -0.554 e. The maximum absolute atomic E-state index is 9.34. The molecule has 6 heteroatoms.